The lowest BCUT2D eigenvalue weighted by Gasteiger charge is -2.18. The number of nitrogens with zero attached hydrogens (tertiary/aromatic N) is 2. The lowest BCUT2D eigenvalue weighted by Crippen LogP contribution is -2.14. The molecule has 0 saturated heterocycles. The molecule has 1 aromatic heterocycles. The van der Waals surface area contributed by atoms with E-state index < -0.39 is 11.9 Å². The van der Waals surface area contributed by atoms with Gasteiger partial charge in [0.15, 0.2) is 0 Å². The SMILES string of the molecule is Cc1ccc(N[C@@H](c2nnc(-c3ccccc3)o2)c2ccccc2F)cc1F. The minimum atomic E-state index is -0.770. The van der Waals surface area contributed by atoms with Crippen molar-refractivity contribution in [3.05, 3.63) is 101 Å². The van der Waals surface area contributed by atoms with Crippen molar-refractivity contribution in [1.29, 1.82) is 0 Å². The number of rotatable bonds is 5. The van der Waals surface area contributed by atoms with Crippen LogP contribution < -0.4 is 5.32 Å². The van der Waals surface area contributed by atoms with Crippen LogP contribution in [0.15, 0.2) is 77.2 Å². The van der Waals surface area contributed by atoms with Gasteiger partial charge in [0.25, 0.3) is 0 Å². The van der Waals surface area contributed by atoms with Crippen LogP contribution in [0.3, 0.4) is 0 Å². The Morgan fingerprint density at radius 3 is 2.36 bits per heavy atom. The second-order valence-electron chi connectivity index (χ2n) is 6.37. The van der Waals surface area contributed by atoms with Crippen molar-refractivity contribution in [1.82, 2.24) is 10.2 Å². The Labute approximate surface area is 160 Å². The van der Waals surface area contributed by atoms with E-state index in [0.717, 1.165) is 5.56 Å². The van der Waals surface area contributed by atoms with Crippen molar-refractivity contribution in [2.24, 2.45) is 0 Å². The summed E-state index contributed by atoms with van der Waals surface area (Å²) in [6, 6.07) is 19.6. The molecule has 0 fully saturated rings. The molecule has 4 rings (SSSR count). The molecular formula is C22H17F2N3O. The molecule has 0 amide bonds. The lowest BCUT2D eigenvalue weighted by atomic mass is 10.1. The Bertz CT molecular complexity index is 1100. The maximum Gasteiger partial charge on any atom is 0.247 e. The number of aryl methyl sites for hydroxylation is 1. The van der Waals surface area contributed by atoms with Crippen molar-refractivity contribution in [3.8, 4) is 11.5 Å². The van der Waals surface area contributed by atoms with E-state index in [1.807, 2.05) is 30.3 Å². The molecule has 140 valence electrons. The number of hydrogen-bond acceptors (Lipinski definition) is 4. The van der Waals surface area contributed by atoms with E-state index in [1.54, 1.807) is 37.3 Å². The molecule has 4 aromatic rings. The minimum Gasteiger partial charge on any atom is -0.418 e. The molecule has 0 aliphatic heterocycles. The summed E-state index contributed by atoms with van der Waals surface area (Å²) in [5.74, 6) is -0.265. The molecule has 3 aromatic carbocycles. The molecule has 0 aliphatic rings. The van der Waals surface area contributed by atoms with Gasteiger partial charge in [0.2, 0.25) is 11.8 Å². The Morgan fingerprint density at radius 2 is 1.61 bits per heavy atom. The number of anilines is 1. The quantitative estimate of drug-likeness (QED) is 0.497. The maximum atomic E-state index is 14.5. The summed E-state index contributed by atoms with van der Waals surface area (Å²) in [5, 5.41) is 11.3. The summed E-state index contributed by atoms with van der Waals surface area (Å²) in [6.45, 7) is 1.68. The lowest BCUT2D eigenvalue weighted by molar-refractivity contribution is 0.485. The van der Waals surface area contributed by atoms with Gasteiger partial charge in [0.1, 0.15) is 17.7 Å². The van der Waals surface area contributed by atoms with Crippen LogP contribution in [-0.2, 0) is 0 Å². The first-order valence-electron chi connectivity index (χ1n) is 8.78. The zero-order valence-corrected chi connectivity index (χ0v) is 15.1. The number of hydrogen-bond donors (Lipinski definition) is 1. The standard InChI is InChI=1S/C22H17F2N3O/c1-14-11-12-16(13-19(14)24)25-20(17-9-5-6-10-18(17)23)22-27-26-21(28-22)15-7-3-2-4-8-15/h2-13,20,25H,1H3/t20-/m1/s1. The van der Waals surface area contributed by atoms with E-state index in [4.69, 9.17) is 4.42 Å². The highest BCUT2D eigenvalue weighted by atomic mass is 19.1. The van der Waals surface area contributed by atoms with Crippen LogP contribution in [0.25, 0.3) is 11.5 Å². The Kier molecular flexibility index (Phi) is 4.85. The van der Waals surface area contributed by atoms with Crippen LogP contribution >= 0.6 is 0 Å². The summed E-state index contributed by atoms with van der Waals surface area (Å²) in [4.78, 5) is 0. The van der Waals surface area contributed by atoms with E-state index in [-0.39, 0.29) is 11.7 Å². The van der Waals surface area contributed by atoms with E-state index in [2.05, 4.69) is 15.5 Å². The van der Waals surface area contributed by atoms with Gasteiger partial charge in [-0.2, -0.15) is 0 Å². The van der Waals surface area contributed by atoms with Crippen molar-refractivity contribution in [2.75, 3.05) is 5.32 Å². The van der Waals surface area contributed by atoms with E-state index in [0.29, 0.717) is 22.7 Å². The predicted molar refractivity (Wildman–Crippen MR) is 103 cm³/mol. The normalized spacial score (nSPS) is 12.0. The van der Waals surface area contributed by atoms with Gasteiger partial charge in [-0.1, -0.05) is 42.5 Å². The second kappa shape index (κ2) is 7.60. The predicted octanol–water partition coefficient (Wildman–Crippen LogP) is 5.52. The molecule has 0 unspecified atom stereocenters. The number of nitrogens with one attached hydrogen (secondary N) is 1. The van der Waals surface area contributed by atoms with Crippen LogP contribution in [0.5, 0.6) is 0 Å². The molecule has 0 bridgehead atoms. The summed E-state index contributed by atoms with van der Waals surface area (Å²) in [7, 11) is 0. The van der Waals surface area contributed by atoms with Gasteiger partial charge >= 0.3 is 0 Å². The largest absolute Gasteiger partial charge is 0.418 e. The van der Waals surface area contributed by atoms with Gasteiger partial charge in [-0.3, -0.25) is 0 Å². The molecule has 1 N–H and O–H groups in total. The van der Waals surface area contributed by atoms with Gasteiger partial charge in [-0.15, -0.1) is 10.2 Å². The van der Waals surface area contributed by atoms with Gasteiger partial charge in [-0.05, 0) is 42.8 Å². The van der Waals surface area contributed by atoms with Crippen LogP contribution in [-0.4, -0.2) is 10.2 Å². The highest BCUT2D eigenvalue weighted by Crippen LogP contribution is 2.30. The summed E-state index contributed by atoms with van der Waals surface area (Å²) in [6.07, 6.45) is 0. The first-order chi connectivity index (χ1) is 13.6. The molecule has 0 radical (unpaired) electrons. The summed E-state index contributed by atoms with van der Waals surface area (Å²) >= 11 is 0. The van der Waals surface area contributed by atoms with Gasteiger partial charge < -0.3 is 9.73 Å². The molecule has 28 heavy (non-hydrogen) atoms. The first-order valence-corrected chi connectivity index (χ1v) is 8.78. The average Bonchev–Trinajstić information content (AvgIpc) is 3.20. The van der Waals surface area contributed by atoms with E-state index in [1.165, 1.54) is 12.1 Å². The van der Waals surface area contributed by atoms with Crippen LogP contribution in [0.4, 0.5) is 14.5 Å². The molecule has 1 atom stereocenters. The number of halogens is 2. The van der Waals surface area contributed by atoms with Crippen molar-refractivity contribution < 1.29 is 13.2 Å². The number of benzene rings is 3. The molecule has 1 heterocycles. The Balaban J connectivity index is 1.74. The first kappa shape index (κ1) is 17.9. The fourth-order valence-corrected chi connectivity index (χ4v) is 2.88. The third kappa shape index (κ3) is 3.62. The van der Waals surface area contributed by atoms with Crippen LogP contribution in [0.2, 0.25) is 0 Å². The van der Waals surface area contributed by atoms with Crippen molar-refractivity contribution in [2.45, 2.75) is 13.0 Å². The van der Waals surface area contributed by atoms with Gasteiger partial charge in [-0.25, -0.2) is 8.78 Å². The second-order valence-corrected chi connectivity index (χ2v) is 6.37. The molecule has 4 nitrogen and oxygen atoms in total. The smallest absolute Gasteiger partial charge is 0.247 e. The third-order valence-corrected chi connectivity index (χ3v) is 4.41. The molecule has 6 heteroatoms. The topological polar surface area (TPSA) is 51.0 Å². The highest BCUT2D eigenvalue weighted by molar-refractivity contribution is 5.53. The van der Waals surface area contributed by atoms with E-state index >= 15 is 0 Å². The average molecular weight is 377 g/mol. The molecule has 0 saturated carbocycles. The Hall–Kier alpha value is -3.54. The summed E-state index contributed by atoms with van der Waals surface area (Å²) in [5.41, 5.74) is 2.09. The van der Waals surface area contributed by atoms with Crippen LogP contribution in [0, 0.1) is 18.6 Å². The fraction of sp³-hybridized carbons (Fsp3) is 0.0909. The minimum absolute atomic E-state index is 0.185. The van der Waals surface area contributed by atoms with Crippen LogP contribution in [0.1, 0.15) is 23.1 Å². The van der Waals surface area contributed by atoms with Gasteiger partial charge in [0.05, 0.1) is 0 Å². The van der Waals surface area contributed by atoms with E-state index in [9.17, 15) is 8.78 Å². The molecular weight excluding hydrogens is 360 g/mol. The van der Waals surface area contributed by atoms with Gasteiger partial charge in [0, 0.05) is 16.8 Å². The molecule has 0 aliphatic carbocycles. The maximum absolute atomic E-state index is 14.5. The number of aromatic nitrogens is 2. The van der Waals surface area contributed by atoms with Crippen molar-refractivity contribution >= 4 is 5.69 Å². The monoisotopic (exact) mass is 377 g/mol. The highest BCUT2D eigenvalue weighted by Gasteiger charge is 2.24. The van der Waals surface area contributed by atoms with Crippen molar-refractivity contribution in [3.63, 3.8) is 0 Å². The Morgan fingerprint density at radius 1 is 0.857 bits per heavy atom. The third-order valence-electron chi connectivity index (χ3n) is 4.41. The zero-order valence-electron chi connectivity index (χ0n) is 15.1. The molecule has 0 spiro atoms. The zero-order chi connectivity index (χ0) is 19.5. The summed E-state index contributed by atoms with van der Waals surface area (Å²) < 4.78 is 34.3. The fourth-order valence-electron chi connectivity index (χ4n) is 2.88.